The minimum absolute atomic E-state index is 0.208. The van der Waals surface area contributed by atoms with E-state index >= 15 is 0 Å². The predicted octanol–water partition coefficient (Wildman–Crippen LogP) is 16.9. The number of hydrogen-bond acceptors (Lipinski definition) is 2. The minimum Gasteiger partial charge on any atom is -0.485 e. The molecule has 3 nitrogen and oxygen atoms in total. The number of allylic oxidation sites excluding steroid dienone is 16. The minimum atomic E-state index is 0.208. The van der Waals surface area contributed by atoms with Crippen molar-refractivity contribution in [1.82, 2.24) is 4.57 Å². The summed E-state index contributed by atoms with van der Waals surface area (Å²) in [5.41, 5.74) is 20.8. The van der Waals surface area contributed by atoms with Crippen molar-refractivity contribution < 1.29 is 9.15 Å². The van der Waals surface area contributed by atoms with E-state index in [2.05, 4.69) is 226 Å². The fourth-order valence-corrected chi connectivity index (χ4v) is 11.5. The summed E-state index contributed by atoms with van der Waals surface area (Å²) in [6, 6.07) is 46.1. The van der Waals surface area contributed by atoms with Crippen LogP contribution in [0.3, 0.4) is 0 Å². The molecule has 0 spiro atoms. The van der Waals surface area contributed by atoms with Gasteiger partial charge in [-0.2, -0.15) is 0 Å². The quantitative estimate of drug-likeness (QED) is 0.161. The van der Waals surface area contributed by atoms with Crippen LogP contribution >= 0.6 is 0 Å². The number of benzene rings is 6. The van der Waals surface area contributed by atoms with Crippen LogP contribution in [-0.4, -0.2) is 10.7 Å². The summed E-state index contributed by atoms with van der Waals surface area (Å²) < 4.78 is 14.8. The molecule has 0 saturated carbocycles. The highest BCUT2D eigenvalue weighted by Crippen LogP contribution is 2.48. The van der Waals surface area contributed by atoms with Gasteiger partial charge in [0, 0.05) is 44.5 Å². The first-order valence-corrected chi connectivity index (χ1v) is 26.3. The number of para-hydroxylation sites is 3. The van der Waals surface area contributed by atoms with Crippen LogP contribution in [0.1, 0.15) is 90.8 Å². The van der Waals surface area contributed by atoms with E-state index < -0.39 is 0 Å². The zero-order valence-corrected chi connectivity index (χ0v) is 42.7. The summed E-state index contributed by atoms with van der Waals surface area (Å²) >= 11 is 0. The molecule has 3 atom stereocenters. The molecular weight excluding hydrogens is 887 g/mol. The highest BCUT2D eigenvalue weighted by Gasteiger charge is 2.32. The zero-order chi connectivity index (χ0) is 50.0. The molecule has 3 unspecified atom stereocenters. The smallest absolute Gasteiger partial charge is 0.135 e. The predicted molar refractivity (Wildman–Crippen MR) is 310 cm³/mol. The van der Waals surface area contributed by atoms with E-state index in [1.807, 2.05) is 32.0 Å². The fourth-order valence-electron chi connectivity index (χ4n) is 11.5. The van der Waals surface area contributed by atoms with Crippen LogP contribution in [0.25, 0.3) is 62.3 Å². The van der Waals surface area contributed by atoms with Gasteiger partial charge in [0.2, 0.25) is 0 Å². The number of aromatic nitrogens is 1. The zero-order valence-electron chi connectivity index (χ0n) is 42.7. The van der Waals surface area contributed by atoms with Gasteiger partial charge in [0.25, 0.3) is 0 Å². The van der Waals surface area contributed by atoms with Gasteiger partial charge in [-0.25, -0.2) is 0 Å². The molecular formula is C70H63NO2. The van der Waals surface area contributed by atoms with Gasteiger partial charge >= 0.3 is 0 Å². The van der Waals surface area contributed by atoms with E-state index in [0.717, 1.165) is 64.3 Å². The molecule has 360 valence electrons. The maximum atomic E-state index is 6.39. The summed E-state index contributed by atoms with van der Waals surface area (Å²) in [6.45, 7) is 14.9. The maximum Gasteiger partial charge on any atom is 0.135 e. The molecule has 6 aromatic carbocycles. The number of ether oxygens (including phenoxy) is 1. The molecule has 0 fully saturated rings. The molecule has 0 N–H and O–H groups in total. The third-order valence-electron chi connectivity index (χ3n) is 15.1. The number of fused-ring (bicyclic) bond motifs is 11. The number of rotatable bonds is 5. The second-order valence-electron chi connectivity index (χ2n) is 19.3. The van der Waals surface area contributed by atoms with Crippen LogP contribution in [0.15, 0.2) is 228 Å². The van der Waals surface area contributed by atoms with Crippen molar-refractivity contribution in [3.63, 3.8) is 0 Å². The van der Waals surface area contributed by atoms with Gasteiger partial charge in [0.15, 0.2) is 0 Å². The SMILES string of the molecule is C=c1/c(=C\C(=C/C)C2=C3C(=CCC=C2)CCc2ccc4c(c23)c2ccccc2n4-c2ccc(C3=CC(c4ccccc4C)C=CC=C3)cc2)oc2ccccc12.CC.Cc1cccc2c1OC1C=CCC=CC21. The Kier molecular flexibility index (Phi) is 13.3. The van der Waals surface area contributed by atoms with E-state index in [-0.39, 0.29) is 12.0 Å². The average molecular weight is 950 g/mol. The normalized spacial score (nSPS) is 18.8. The summed E-state index contributed by atoms with van der Waals surface area (Å²) in [6.07, 6.45) is 35.8. The van der Waals surface area contributed by atoms with Crippen molar-refractivity contribution in [3.8, 4) is 11.4 Å². The Hall–Kier alpha value is -8.14. The van der Waals surface area contributed by atoms with Crippen LogP contribution in [-0.2, 0) is 6.42 Å². The fraction of sp³-hybridized carbons (Fsp3) is 0.171. The summed E-state index contributed by atoms with van der Waals surface area (Å²) in [7, 11) is 0. The summed E-state index contributed by atoms with van der Waals surface area (Å²) in [4.78, 5) is 0. The van der Waals surface area contributed by atoms with Crippen LogP contribution in [0.2, 0.25) is 0 Å². The second-order valence-corrected chi connectivity index (χ2v) is 19.3. The molecule has 3 heteroatoms. The Morgan fingerprint density at radius 3 is 2.29 bits per heavy atom. The van der Waals surface area contributed by atoms with E-state index in [4.69, 9.17) is 9.15 Å². The number of aryl methyl sites for hydroxylation is 3. The lowest BCUT2D eigenvalue weighted by molar-refractivity contribution is 0.269. The second kappa shape index (κ2) is 20.5. The van der Waals surface area contributed by atoms with Gasteiger partial charge in [-0.15, -0.1) is 0 Å². The molecule has 1 aliphatic heterocycles. The maximum absolute atomic E-state index is 6.39. The Balaban J connectivity index is 0.000000286. The van der Waals surface area contributed by atoms with Crippen LogP contribution < -0.4 is 15.4 Å². The third-order valence-corrected chi connectivity index (χ3v) is 15.1. The molecule has 73 heavy (non-hydrogen) atoms. The van der Waals surface area contributed by atoms with Crippen LogP contribution in [0.5, 0.6) is 5.75 Å². The monoisotopic (exact) mass is 949 g/mol. The van der Waals surface area contributed by atoms with Crippen molar-refractivity contribution >= 4 is 56.6 Å². The first kappa shape index (κ1) is 47.2. The number of furan rings is 1. The number of hydrogen-bond donors (Lipinski definition) is 0. The topological polar surface area (TPSA) is 27.3 Å². The molecule has 0 bridgehead atoms. The van der Waals surface area contributed by atoms with E-state index in [1.165, 1.54) is 83.0 Å². The van der Waals surface area contributed by atoms with Gasteiger partial charge in [-0.1, -0.05) is 190 Å². The highest BCUT2D eigenvalue weighted by atomic mass is 16.5. The van der Waals surface area contributed by atoms with Gasteiger partial charge in [0.05, 0.1) is 11.0 Å². The molecule has 0 saturated heterocycles. The highest BCUT2D eigenvalue weighted by molar-refractivity contribution is 6.16. The molecule has 13 rings (SSSR count). The molecule has 2 aromatic heterocycles. The van der Waals surface area contributed by atoms with Crippen molar-refractivity contribution in [2.24, 2.45) is 0 Å². The molecule has 8 aromatic rings. The van der Waals surface area contributed by atoms with Gasteiger partial charge in [0.1, 0.15) is 22.9 Å². The van der Waals surface area contributed by atoms with Crippen LogP contribution in [0.4, 0.5) is 0 Å². The van der Waals surface area contributed by atoms with Crippen molar-refractivity contribution in [2.45, 2.75) is 78.2 Å². The Morgan fingerprint density at radius 1 is 0.685 bits per heavy atom. The molecule has 4 aliphatic carbocycles. The first-order chi connectivity index (χ1) is 35.9. The summed E-state index contributed by atoms with van der Waals surface area (Å²) in [5.74, 6) is 1.73. The standard InChI is InChI=1S/C54H43NO.C14H14O.C2H6/c1-4-37(34-51-36(3)45-20-12-14-24-50(45)56-51)46-21-10-8-16-39-25-26-40-29-32-49-54(53(40)52(39)46)47-22-11-13-23-48(47)55(49)43-30-27-38(28-31-43)41-17-6-7-18-42(33-41)44-19-9-5-15-35(44)2;1-10-6-5-8-12-11-7-3-2-4-9-13(11)15-14(10)12;1-2/h4-7,9-24,27-34,42H,3,8,25-26H2,1-2H3;3-9,11,13H,2H2,1H3;1-2H3/b37-4+,51-34+;;. The Labute approximate surface area is 430 Å². The lowest BCUT2D eigenvalue weighted by atomic mass is 9.78. The number of nitrogens with zero attached hydrogens (tertiary/aromatic N) is 1. The Bertz CT molecular complexity index is 3850. The lowest BCUT2D eigenvalue weighted by Crippen LogP contribution is -2.18. The largest absolute Gasteiger partial charge is 0.485 e. The molecule has 0 amide bonds. The average Bonchev–Trinajstić information content (AvgIpc) is 3.78. The van der Waals surface area contributed by atoms with Gasteiger partial charge in [-0.05, 0) is 150 Å². The summed E-state index contributed by atoms with van der Waals surface area (Å²) in [5, 5.41) is 4.57. The molecule has 3 heterocycles. The van der Waals surface area contributed by atoms with Crippen molar-refractivity contribution in [1.29, 1.82) is 0 Å². The van der Waals surface area contributed by atoms with Crippen molar-refractivity contribution in [2.75, 3.05) is 0 Å². The van der Waals surface area contributed by atoms with Gasteiger partial charge in [-0.3, -0.25) is 0 Å². The van der Waals surface area contributed by atoms with Gasteiger partial charge < -0.3 is 13.7 Å². The van der Waals surface area contributed by atoms with Crippen LogP contribution in [0, 0.1) is 13.8 Å². The van der Waals surface area contributed by atoms with Crippen molar-refractivity contribution in [3.05, 3.63) is 273 Å². The van der Waals surface area contributed by atoms with E-state index in [1.54, 1.807) is 0 Å². The molecule has 0 radical (unpaired) electrons. The lowest BCUT2D eigenvalue weighted by Gasteiger charge is -2.26. The molecule has 5 aliphatic rings. The first-order valence-electron chi connectivity index (χ1n) is 26.3. The Morgan fingerprint density at radius 2 is 1.45 bits per heavy atom. The van der Waals surface area contributed by atoms with E-state index in [0.29, 0.717) is 5.92 Å². The van der Waals surface area contributed by atoms with E-state index in [9.17, 15) is 0 Å². The third kappa shape index (κ3) is 8.78.